The SMILES string of the molecule is CSCC[C@H](NC(=O)CNC(=O)[C@H](CO)NC(=O)CNC(=O)[C@H](CCCN=C(N)N)NC(=O)[C@@H]1CCCN1C(=O)[C@H](Cc1ccccc1)NC(=O)[C@H](Cc1ccccc1)NC(=O)[C@@H](N)Cc1ccc(O)cc1)C(=O)O. The van der Waals surface area contributed by atoms with Gasteiger partial charge in [-0.05, 0) is 79.4 Å². The maximum Gasteiger partial charge on any atom is 0.326 e. The van der Waals surface area contributed by atoms with Crippen LogP contribution in [0, 0.1) is 0 Å². The highest BCUT2D eigenvalue weighted by Gasteiger charge is 2.40. The first-order valence-corrected chi connectivity index (χ1v) is 25.6. The van der Waals surface area contributed by atoms with E-state index in [1.165, 1.54) is 28.8 Å². The summed E-state index contributed by atoms with van der Waals surface area (Å²) >= 11 is 1.38. The summed E-state index contributed by atoms with van der Waals surface area (Å²) in [4.78, 5) is 125. The molecule has 25 heteroatoms. The lowest BCUT2D eigenvalue weighted by molar-refractivity contribution is -0.142. The van der Waals surface area contributed by atoms with Gasteiger partial charge in [-0.1, -0.05) is 72.8 Å². The van der Waals surface area contributed by atoms with Crippen LogP contribution in [-0.4, -0.2) is 166 Å². The first-order valence-electron chi connectivity index (χ1n) is 24.2. The Balaban J connectivity index is 1.46. The van der Waals surface area contributed by atoms with Gasteiger partial charge in [0.2, 0.25) is 47.3 Å². The van der Waals surface area contributed by atoms with Gasteiger partial charge < -0.3 is 74.6 Å². The number of aliphatic hydroxyl groups excluding tert-OH is 1. The van der Waals surface area contributed by atoms with Gasteiger partial charge in [-0.15, -0.1) is 0 Å². The predicted octanol–water partition coefficient (Wildman–Crippen LogP) is -2.72. The largest absolute Gasteiger partial charge is 0.508 e. The van der Waals surface area contributed by atoms with Gasteiger partial charge >= 0.3 is 5.97 Å². The predicted molar refractivity (Wildman–Crippen MR) is 278 cm³/mol. The highest BCUT2D eigenvalue weighted by atomic mass is 32.2. The maximum absolute atomic E-state index is 14.7. The number of amides is 8. The number of aromatic hydroxyl groups is 1. The lowest BCUT2D eigenvalue weighted by Crippen LogP contribution is -2.59. The normalized spacial score (nSPS) is 15.3. The Morgan fingerprint density at radius 1 is 0.667 bits per heavy atom. The van der Waals surface area contributed by atoms with Crippen molar-refractivity contribution in [1.82, 2.24) is 42.1 Å². The second-order valence-corrected chi connectivity index (χ2v) is 18.6. The van der Waals surface area contributed by atoms with Crippen LogP contribution >= 0.6 is 11.8 Å². The molecule has 3 aromatic rings. The zero-order valence-electron chi connectivity index (χ0n) is 41.6. The molecular formula is C50H68N12O12S. The highest BCUT2D eigenvalue weighted by molar-refractivity contribution is 7.98. The summed E-state index contributed by atoms with van der Waals surface area (Å²) in [5.74, 6) is -7.19. The van der Waals surface area contributed by atoms with Crippen molar-refractivity contribution in [2.75, 3.05) is 44.8 Å². The second-order valence-electron chi connectivity index (χ2n) is 17.7. The van der Waals surface area contributed by atoms with Crippen molar-refractivity contribution in [3.8, 4) is 5.75 Å². The van der Waals surface area contributed by atoms with E-state index in [9.17, 15) is 58.5 Å². The topological polar surface area (TPSA) is 392 Å². The number of benzene rings is 3. The molecule has 3 aromatic carbocycles. The number of phenolic OH excluding ortho intramolecular Hbond substituents is 1. The molecule has 0 spiro atoms. The number of likely N-dealkylation sites (tertiary alicyclic amines) is 1. The van der Waals surface area contributed by atoms with Gasteiger partial charge in [-0.2, -0.15) is 11.8 Å². The molecule has 0 aromatic heterocycles. The molecule has 4 rings (SSSR count). The van der Waals surface area contributed by atoms with Crippen LogP contribution < -0.4 is 54.4 Å². The smallest absolute Gasteiger partial charge is 0.326 e. The lowest BCUT2D eigenvalue weighted by Gasteiger charge is -2.31. The molecule has 1 aliphatic heterocycles. The molecule has 24 nitrogen and oxygen atoms in total. The van der Waals surface area contributed by atoms with Crippen LogP contribution in [0.2, 0.25) is 0 Å². The van der Waals surface area contributed by atoms with Gasteiger partial charge in [0.1, 0.15) is 42.0 Å². The molecule has 0 aliphatic carbocycles. The summed E-state index contributed by atoms with van der Waals surface area (Å²) in [6, 6.07) is 15.2. The average Bonchev–Trinajstić information content (AvgIpc) is 3.89. The monoisotopic (exact) mass is 1060 g/mol. The van der Waals surface area contributed by atoms with Crippen molar-refractivity contribution < 1.29 is 58.5 Å². The van der Waals surface area contributed by atoms with Crippen LogP contribution in [-0.2, 0) is 62.4 Å². The van der Waals surface area contributed by atoms with Crippen LogP contribution in [0.15, 0.2) is 89.9 Å². The number of carboxylic acid groups (broad SMARTS) is 1. The fourth-order valence-corrected chi connectivity index (χ4v) is 8.41. The third-order valence-corrected chi connectivity index (χ3v) is 12.5. The number of nitrogens with two attached hydrogens (primary N) is 3. The van der Waals surface area contributed by atoms with E-state index in [1.807, 2.05) is 0 Å². The number of rotatable bonds is 30. The van der Waals surface area contributed by atoms with Crippen molar-refractivity contribution in [2.24, 2.45) is 22.2 Å². The molecular weight excluding hydrogens is 993 g/mol. The van der Waals surface area contributed by atoms with Crippen molar-refractivity contribution in [3.63, 3.8) is 0 Å². The van der Waals surface area contributed by atoms with E-state index < -0.39 is 115 Å². The molecule has 7 atom stereocenters. The van der Waals surface area contributed by atoms with Gasteiger partial charge in [-0.3, -0.25) is 43.3 Å². The Hall–Kier alpha value is -7.77. The molecule has 1 heterocycles. The number of hydrogen-bond acceptors (Lipinski definition) is 14. The number of guanidine groups is 1. The van der Waals surface area contributed by atoms with Crippen molar-refractivity contribution in [3.05, 3.63) is 102 Å². The fraction of sp³-hybridized carbons (Fsp3) is 0.440. The van der Waals surface area contributed by atoms with Gasteiger partial charge in [-0.25, -0.2) is 4.79 Å². The number of thioether (sulfide) groups is 1. The molecule has 0 bridgehead atoms. The quantitative estimate of drug-likeness (QED) is 0.0183. The Kier molecular flexibility index (Phi) is 24.8. The molecule has 0 radical (unpaired) electrons. The van der Waals surface area contributed by atoms with E-state index in [-0.39, 0.29) is 69.7 Å². The molecule has 406 valence electrons. The molecule has 16 N–H and O–H groups in total. The summed E-state index contributed by atoms with van der Waals surface area (Å²) in [6.07, 6.45) is 2.74. The minimum absolute atomic E-state index is 0.000338. The average molecular weight is 1060 g/mol. The summed E-state index contributed by atoms with van der Waals surface area (Å²) in [6.45, 7) is -2.12. The first-order chi connectivity index (χ1) is 35.9. The number of aliphatic hydroxyl groups is 1. The van der Waals surface area contributed by atoms with Crippen LogP contribution in [0.4, 0.5) is 0 Å². The lowest BCUT2D eigenvalue weighted by atomic mass is 10.0. The summed E-state index contributed by atoms with van der Waals surface area (Å²) < 4.78 is 0. The summed E-state index contributed by atoms with van der Waals surface area (Å²) in [7, 11) is 0. The van der Waals surface area contributed by atoms with E-state index >= 15 is 0 Å². The number of carboxylic acids is 1. The maximum atomic E-state index is 14.7. The molecule has 1 saturated heterocycles. The molecule has 0 saturated carbocycles. The van der Waals surface area contributed by atoms with Crippen molar-refractivity contribution in [1.29, 1.82) is 0 Å². The van der Waals surface area contributed by atoms with E-state index in [1.54, 1.807) is 79.1 Å². The van der Waals surface area contributed by atoms with Crippen LogP contribution in [0.3, 0.4) is 0 Å². The molecule has 8 amide bonds. The number of nitrogens with zero attached hydrogens (tertiary/aromatic N) is 2. The van der Waals surface area contributed by atoms with Gasteiger partial charge in [0, 0.05) is 25.9 Å². The standard InChI is InChI=1S/C50H68N12O12S/c1-75-23-20-36(49(73)74)57-41(65)27-56-45(69)39(29-63)58-42(66)28-55-44(68)35(14-8-21-54-50(52)53)59-47(71)40-15-9-22-62(40)48(72)38(26-31-12-6-3-7-13-31)61-46(70)37(25-30-10-4-2-5-11-30)60-43(67)34(51)24-32-16-18-33(64)19-17-32/h2-7,10-13,16-19,34-40,63-64H,8-9,14-15,20-29,51H2,1H3,(H,55,68)(H,56,69)(H,57,65)(H,58,66)(H,59,71)(H,60,67)(H,61,70)(H,73,74)(H4,52,53,54)/t34-,35-,36-,37-,38-,39-,40-/m0/s1. The molecule has 75 heavy (non-hydrogen) atoms. The van der Waals surface area contributed by atoms with E-state index in [0.29, 0.717) is 28.9 Å². The van der Waals surface area contributed by atoms with E-state index in [2.05, 4.69) is 42.2 Å². The number of phenols is 1. The second kappa shape index (κ2) is 31.1. The summed E-state index contributed by atoms with van der Waals surface area (Å²) in [5.41, 5.74) is 19.3. The zero-order chi connectivity index (χ0) is 54.9. The fourth-order valence-electron chi connectivity index (χ4n) is 7.94. The highest BCUT2D eigenvalue weighted by Crippen LogP contribution is 2.21. The zero-order valence-corrected chi connectivity index (χ0v) is 42.4. The Labute approximate surface area is 438 Å². The van der Waals surface area contributed by atoms with Gasteiger partial charge in [0.15, 0.2) is 5.96 Å². The Bertz CT molecular complexity index is 2430. The molecule has 0 unspecified atom stereocenters. The Morgan fingerprint density at radius 3 is 1.77 bits per heavy atom. The first kappa shape index (κ1) is 59.8. The molecule has 1 fully saturated rings. The number of aliphatic imine (C=N–C) groups is 1. The third kappa shape index (κ3) is 20.6. The summed E-state index contributed by atoms with van der Waals surface area (Å²) in [5, 5.41) is 46.3. The van der Waals surface area contributed by atoms with Crippen LogP contribution in [0.25, 0.3) is 0 Å². The van der Waals surface area contributed by atoms with Crippen LogP contribution in [0.1, 0.15) is 48.8 Å². The number of aliphatic carboxylic acids is 1. The van der Waals surface area contributed by atoms with Crippen molar-refractivity contribution in [2.45, 2.75) is 93.7 Å². The number of carbonyl (C=O) groups is 9. The van der Waals surface area contributed by atoms with Gasteiger partial charge in [0.05, 0.1) is 25.7 Å². The van der Waals surface area contributed by atoms with E-state index in [4.69, 9.17) is 17.2 Å². The van der Waals surface area contributed by atoms with Crippen molar-refractivity contribution >= 4 is 70.9 Å². The van der Waals surface area contributed by atoms with Crippen LogP contribution in [0.5, 0.6) is 5.75 Å². The number of carbonyl (C=O) groups excluding carboxylic acids is 8. The molecule has 1 aliphatic rings. The van der Waals surface area contributed by atoms with Gasteiger partial charge in [0.25, 0.3) is 0 Å². The minimum atomic E-state index is -1.57. The minimum Gasteiger partial charge on any atom is -0.508 e. The number of nitrogens with one attached hydrogen (secondary N) is 7. The third-order valence-electron chi connectivity index (χ3n) is 11.9. The van der Waals surface area contributed by atoms with E-state index in [0.717, 1.165) is 0 Å². The Morgan fingerprint density at radius 2 is 1.21 bits per heavy atom. The number of hydrogen-bond donors (Lipinski definition) is 13.